The largest absolute Gasteiger partial charge is 0.456 e. The molecule has 27 heavy (non-hydrogen) atoms. The molecule has 0 unspecified atom stereocenters. The Morgan fingerprint density at radius 3 is 1.93 bits per heavy atom. The van der Waals surface area contributed by atoms with Crippen LogP contribution in [0.1, 0.15) is 47.1 Å². The van der Waals surface area contributed by atoms with E-state index in [0.717, 1.165) is 5.56 Å². The van der Waals surface area contributed by atoms with Gasteiger partial charge in [-0.05, 0) is 25.1 Å². The first-order valence-electron chi connectivity index (χ1n) is 8.22. The highest BCUT2D eigenvalue weighted by molar-refractivity contribution is 8.08. The number of ketones is 2. The van der Waals surface area contributed by atoms with E-state index in [1.807, 2.05) is 0 Å². The van der Waals surface area contributed by atoms with Gasteiger partial charge in [-0.1, -0.05) is 56.7 Å². The number of nitrogens with zero attached hydrogens (tertiary/aromatic N) is 2. The fourth-order valence-corrected chi connectivity index (χ4v) is 3.63. The molecule has 0 atom stereocenters. The van der Waals surface area contributed by atoms with Crippen molar-refractivity contribution in [3.63, 3.8) is 0 Å². The molecule has 0 saturated carbocycles. The Morgan fingerprint density at radius 1 is 0.926 bits per heavy atom. The molecule has 2 aromatic rings. The first-order valence-corrected chi connectivity index (χ1v) is 9.71. The third-order valence-corrected chi connectivity index (χ3v) is 5.64. The van der Waals surface area contributed by atoms with E-state index in [1.54, 1.807) is 45.9 Å². The van der Waals surface area contributed by atoms with Gasteiger partial charge in [0.25, 0.3) is 15.6 Å². The molecule has 0 radical (unpaired) electrons. The summed E-state index contributed by atoms with van der Waals surface area (Å²) in [5, 5.41) is -1.03. The number of carbonyl (C=O) groups is 2. The summed E-state index contributed by atoms with van der Waals surface area (Å²) in [6.07, 6.45) is 0. The van der Waals surface area contributed by atoms with E-state index in [0.29, 0.717) is 0 Å². The number of rotatable bonds is 4. The summed E-state index contributed by atoms with van der Waals surface area (Å²) >= 11 is 0. The second-order valence-corrected chi connectivity index (χ2v) is 9.04. The fourth-order valence-electron chi connectivity index (χ4n) is 2.45. The van der Waals surface area contributed by atoms with Crippen LogP contribution in [0.15, 0.2) is 53.4 Å². The van der Waals surface area contributed by atoms with E-state index in [-0.39, 0.29) is 21.8 Å². The first kappa shape index (κ1) is 20.4. The minimum absolute atomic E-state index is 0.0789. The number of hydrogen-bond donors (Lipinski definition) is 0. The number of benzene rings is 2. The molecule has 0 spiro atoms. The van der Waals surface area contributed by atoms with Crippen LogP contribution in [0.25, 0.3) is 5.53 Å². The fraction of sp³-hybridized carbons (Fsp3) is 0.250. The SMILES string of the molecule is Cc1ccc(S(=O)(=O)C(=[N+]=[N-])C(=O)c2ccccc2C(=O)C(C)(C)C)cc1. The maximum Gasteiger partial charge on any atom is 0.456 e. The lowest BCUT2D eigenvalue weighted by molar-refractivity contribution is -0.00159. The van der Waals surface area contributed by atoms with Crippen molar-refractivity contribution >= 4 is 26.4 Å². The smallest absolute Gasteiger partial charge is 0.360 e. The molecule has 2 rings (SSSR count). The molecule has 0 amide bonds. The Kier molecular flexibility index (Phi) is 5.59. The van der Waals surface area contributed by atoms with Crippen molar-refractivity contribution in [2.24, 2.45) is 5.41 Å². The van der Waals surface area contributed by atoms with Gasteiger partial charge in [-0.25, -0.2) is 8.42 Å². The predicted octanol–water partition coefficient (Wildman–Crippen LogP) is 3.51. The van der Waals surface area contributed by atoms with Crippen LogP contribution in [0.5, 0.6) is 0 Å². The number of Topliss-reactive ketones (excluding diaryl/α,β-unsaturated/α-hetero) is 2. The summed E-state index contributed by atoms with van der Waals surface area (Å²) in [5.41, 5.74) is 9.32. The van der Waals surface area contributed by atoms with Gasteiger partial charge in [-0.3, -0.25) is 9.59 Å². The lowest BCUT2D eigenvalue weighted by Crippen LogP contribution is -2.29. The Labute approximate surface area is 158 Å². The molecule has 0 heterocycles. The quantitative estimate of drug-likeness (QED) is 0.264. The van der Waals surface area contributed by atoms with Crippen molar-refractivity contribution in [3.8, 4) is 0 Å². The van der Waals surface area contributed by atoms with Gasteiger partial charge in [-0.15, -0.1) is 4.79 Å². The molecule has 0 aliphatic carbocycles. The Bertz CT molecular complexity index is 1060. The summed E-state index contributed by atoms with van der Waals surface area (Å²) in [4.78, 5) is 28.1. The van der Waals surface area contributed by atoms with Gasteiger partial charge >= 0.3 is 5.04 Å². The van der Waals surface area contributed by atoms with Gasteiger partial charge in [0.1, 0.15) is 0 Å². The summed E-state index contributed by atoms with van der Waals surface area (Å²) in [5.74, 6) is -1.36. The van der Waals surface area contributed by atoms with E-state index < -0.39 is 26.1 Å². The Balaban J connectivity index is 2.59. The van der Waals surface area contributed by atoms with Crippen LogP contribution in [0.2, 0.25) is 0 Å². The zero-order chi connectivity index (χ0) is 20.4. The summed E-state index contributed by atoms with van der Waals surface area (Å²) in [7, 11) is -4.35. The number of carbonyl (C=O) groups excluding carboxylic acids is 2. The lowest BCUT2D eigenvalue weighted by atomic mass is 9.84. The zero-order valence-corrected chi connectivity index (χ0v) is 16.4. The van der Waals surface area contributed by atoms with Gasteiger partial charge in [0.2, 0.25) is 0 Å². The molecular weight excluding hydrogens is 364 g/mol. The standard InChI is InChI=1S/C20H20N2O4S/c1-13-9-11-14(12-10-13)27(25,26)19(22-21)17(23)15-7-5-6-8-16(15)18(24)20(2,3)4/h5-12H,1-4H3. The van der Waals surface area contributed by atoms with E-state index >= 15 is 0 Å². The molecule has 0 saturated heterocycles. The third-order valence-electron chi connectivity index (χ3n) is 3.97. The van der Waals surface area contributed by atoms with Crippen molar-refractivity contribution in [2.75, 3.05) is 0 Å². The van der Waals surface area contributed by atoms with Crippen LogP contribution in [-0.2, 0) is 9.84 Å². The highest BCUT2D eigenvalue weighted by Gasteiger charge is 2.40. The van der Waals surface area contributed by atoms with Crippen LogP contribution >= 0.6 is 0 Å². The average Bonchev–Trinajstić information content (AvgIpc) is 2.61. The molecule has 0 bridgehead atoms. The zero-order valence-electron chi connectivity index (χ0n) is 15.6. The Morgan fingerprint density at radius 2 is 1.44 bits per heavy atom. The maximum atomic E-state index is 12.9. The number of aryl methyl sites for hydroxylation is 1. The van der Waals surface area contributed by atoms with Crippen LogP contribution < -0.4 is 0 Å². The third kappa shape index (κ3) is 4.10. The Hall–Kier alpha value is -2.89. The molecule has 6 nitrogen and oxygen atoms in total. The van der Waals surface area contributed by atoms with Gasteiger partial charge in [-0.2, -0.15) is 0 Å². The predicted molar refractivity (Wildman–Crippen MR) is 102 cm³/mol. The monoisotopic (exact) mass is 384 g/mol. The molecule has 7 heteroatoms. The molecule has 140 valence electrons. The summed E-state index contributed by atoms with van der Waals surface area (Å²) < 4.78 is 25.5. The van der Waals surface area contributed by atoms with Gasteiger partial charge in [0.15, 0.2) is 5.78 Å². The van der Waals surface area contributed by atoms with Gasteiger partial charge in [0.05, 0.1) is 4.90 Å². The molecule has 0 aliphatic rings. The van der Waals surface area contributed by atoms with E-state index in [4.69, 9.17) is 0 Å². The van der Waals surface area contributed by atoms with Crippen molar-refractivity contribution in [1.82, 2.24) is 0 Å². The second kappa shape index (κ2) is 7.39. The second-order valence-electron chi connectivity index (χ2n) is 7.18. The number of sulfone groups is 1. The molecule has 0 aromatic heterocycles. The van der Waals surface area contributed by atoms with Crippen molar-refractivity contribution in [2.45, 2.75) is 32.6 Å². The van der Waals surface area contributed by atoms with Crippen LogP contribution in [0.3, 0.4) is 0 Å². The highest BCUT2D eigenvalue weighted by Crippen LogP contribution is 2.24. The van der Waals surface area contributed by atoms with Gasteiger partial charge < -0.3 is 5.53 Å². The van der Waals surface area contributed by atoms with Crippen molar-refractivity contribution < 1.29 is 22.8 Å². The highest BCUT2D eigenvalue weighted by atomic mass is 32.2. The number of hydrogen-bond acceptors (Lipinski definition) is 4. The van der Waals surface area contributed by atoms with E-state index in [1.165, 1.54) is 30.3 Å². The first-order chi connectivity index (χ1) is 12.5. The van der Waals surface area contributed by atoms with Crippen LogP contribution in [0, 0.1) is 12.3 Å². The van der Waals surface area contributed by atoms with E-state index in [2.05, 4.69) is 4.79 Å². The summed E-state index contributed by atoms with van der Waals surface area (Å²) in [6, 6.07) is 11.7. The summed E-state index contributed by atoms with van der Waals surface area (Å²) in [6.45, 7) is 6.87. The topological polar surface area (TPSA) is 105 Å². The average molecular weight is 384 g/mol. The lowest BCUT2D eigenvalue weighted by Gasteiger charge is -2.18. The van der Waals surface area contributed by atoms with Gasteiger partial charge in [0, 0.05) is 16.5 Å². The molecule has 0 fully saturated rings. The van der Waals surface area contributed by atoms with Crippen LogP contribution in [-0.4, -0.2) is 29.8 Å². The van der Waals surface area contributed by atoms with Crippen molar-refractivity contribution in [3.05, 3.63) is 70.8 Å². The minimum atomic E-state index is -4.35. The molecule has 0 N–H and O–H groups in total. The minimum Gasteiger partial charge on any atom is -0.360 e. The van der Waals surface area contributed by atoms with Crippen LogP contribution in [0.4, 0.5) is 0 Å². The molecular formula is C20H20N2O4S. The van der Waals surface area contributed by atoms with E-state index in [9.17, 15) is 23.5 Å². The van der Waals surface area contributed by atoms with Crippen molar-refractivity contribution in [1.29, 1.82) is 0 Å². The normalized spacial score (nSPS) is 11.6. The molecule has 2 aromatic carbocycles. The maximum absolute atomic E-state index is 12.9. The molecule has 0 aliphatic heterocycles.